The molecule has 0 aromatic carbocycles. The Labute approximate surface area is 216 Å². The average Bonchev–Trinajstić information content (AvgIpc) is 2.79. The molecule has 0 aliphatic heterocycles. The number of carbonyl (C=O) groups excluding carboxylic acids is 1. The van der Waals surface area contributed by atoms with E-state index >= 15 is 0 Å². The van der Waals surface area contributed by atoms with Crippen molar-refractivity contribution in [3.63, 3.8) is 0 Å². The molecule has 0 aliphatic carbocycles. The Morgan fingerprint density at radius 2 is 1.51 bits per heavy atom. The van der Waals surface area contributed by atoms with Crippen LogP contribution in [0.5, 0.6) is 0 Å². The Hall–Kier alpha value is -1.54. The maximum absolute atomic E-state index is 11.9. The van der Waals surface area contributed by atoms with Crippen molar-refractivity contribution in [2.75, 3.05) is 0 Å². The lowest BCUT2D eigenvalue weighted by Gasteiger charge is -2.37. The Morgan fingerprint density at radius 3 is 2.00 bits per heavy atom. The number of allylic oxidation sites excluding steroid dienone is 1. The highest BCUT2D eigenvalue weighted by molar-refractivity contribution is 8.01. The third kappa shape index (κ3) is 15.9. The summed E-state index contributed by atoms with van der Waals surface area (Å²) >= 11 is 1.34. The third-order valence-electron chi connectivity index (χ3n) is 6.38. The molecule has 4 atom stereocenters. The van der Waals surface area contributed by atoms with Crippen LogP contribution in [0.1, 0.15) is 118 Å². The van der Waals surface area contributed by atoms with Crippen LogP contribution in [-0.4, -0.2) is 55.3 Å². The highest BCUT2D eigenvalue weighted by atomic mass is 32.2. The summed E-state index contributed by atoms with van der Waals surface area (Å²) in [6, 6.07) is -1.10. The number of hydrogen-bond donors (Lipinski definition) is 4. The van der Waals surface area contributed by atoms with E-state index in [9.17, 15) is 24.6 Å². The average molecular weight is 516 g/mol. The van der Waals surface area contributed by atoms with Gasteiger partial charge in [-0.25, -0.2) is 4.79 Å². The van der Waals surface area contributed by atoms with Crippen LogP contribution in [0.2, 0.25) is 0 Å². The van der Waals surface area contributed by atoms with Gasteiger partial charge in [-0.15, -0.1) is 11.8 Å². The van der Waals surface area contributed by atoms with Crippen molar-refractivity contribution >= 4 is 29.6 Å². The minimum atomic E-state index is -1.12. The monoisotopic (exact) mass is 515 g/mol. The summed E-state index contributed by atoms with van der Waals surface area (Å²) in [5.41, 5.74) is 0. The van der Waals surface area contributed by atoms with Gasteiger partial charge in [0, 0.05) is 23.3 Å². The predicted octanol–water partition coefficient (Wildman–Crippen LogP) is 5.94. The van der Waals surface area contributed by atoms with E-state index in [0.29, 0.717) is 19.3 Å². The fourth-order valence-corrected chi connectivity index (χ4v) is 5.59. The Balaban J connectivity index is 5.04. The number of thioether (sulfide) groups is 1. The highest BCUT2D eigenvalue weighted by Crippen LogP contribution is 2.38. The van der Waals surface area contributed by atoms with Gasteiger partial charge in [-0.1, -0.05) is 77.4 Å². The summed E-state index contributed by atoms with van der Waals surface area (Å²) < 4.78 is -0.849. The fraction of sp³-hybridized carbons (Fsp3) is 0.815. The van der Waals surface area contributed by atoms with Crippen LogP contribution >= 0.6 is 11.8 Å². The number of aliphatic hydroxyl groups is 1. The summed E-state index contributed by atoms with van der Waals surface area (Å²) in [7, 11) is 0. The molecular weight excluding hydrogens is 466 g/mol. The number of hydrogen-bond acceptors (Lipinski definition) is 5. The molecular formula is C27H49NO6S. The van der Waals surface area contributed by atoms with Gasteiger partial charge in [0.25, 0.3) is 0 Å². The Morgan fingerprint density at radius 1 is 0.943 bits per heavy atom. The molecule has 7 nitrogen and oxygen atoms in total. The molecule has 204 valence electrons. The summed E-state index contributed by atoms with van der Waals surface area (Å²) in [6.07, 6.45) is 16.4. The summed E-state index contributed by atoms with van der Waals surface area (Å²) in [4.78, 5) is 34.4. The van der Waals surface area contributed by atoms with Crippen LogP contribution in [0.25, 0.3) is 0 Å². The Kier molecular flexibility index (Phi) is 18.8. The zero-order valence-electron chi connectivity index (χ0n) is 22.3. The minimum absolute atomic E-state index is 0.0225. The minimum Gasteiger partial charge on any atom is -0.481 e. The second-order valence-electron chi connectivity index (χ2n) is 9.62. The molecule has 0 rings (SSSR count). The first kappa shape index (κ1) is 33.5. The van der Waals surface area contributed by atoms with Gasteiger partial charge in [-0.3, -0.25) is 9.59 Å². The number of aliphatic hydroxyl groups excluding tert-OH is 1. The molecule has 4 N–H and O–H groups in total. The molecule has 0 aromatic rings. The van der Waals surface area contributed by atoms with Crippen LogP contribution in [0.15, 0.2) is 12.2 Å². The lowest BCUT2D eigenvalue weighted by Crippen LogP contribution is -2.54. The first-order valence-electron chi connectivity index (χ1n) is 13.3. The number of aliphatic carboxylic acids is 2. The molecule has 0 bridgehead atoms. The Bertz CT molecular complexity index is 641. The lowest BCUT2D eigenvalue weighted by molar-refractivity contribution is -0.142. The van der Waals surface area contributed by atoms with Crippen LogP contribution in [-0.2, 0) is 14.4 Å². The SMILES string of the molecule is CCCCCCCCCCC/C=C\[C@@H](SC(C)(CC)C(NC(C)=O)C(=O)O)[C@@H](O)CCCC(=O)O. The van der Waals surface area contributed by atoms with E-state index in [1.54, 1.807) is 6.92 Å². The number of carbonyl (C=O) groups is 3. The smallest absolute Gasteiger partial charge is 0.327 e. The number of unbranched alkanes of at least 4 members (excludes halogenated alkanes) is 9. The molecule has 0 spiro atoms. The largest absolute Gasteiger partial charge is 0.481 e. The normalized spacial score (nSPS) is 15.9. The molecule has 0 radical (unpaired) electrons. The van der Waals surface area contributed by atoms with Gasteiger partial charge < -0.3 is 20.6 Å². The van der Waals surface area contributed by atoms with Crippen LogP contribution in [0.3, 0.4) is 0 Å². The van der Waals surface area contributed by atoms with E-state index in [4.69, 9.17) is 5.11 Å². The lowest BCUT2D eigenvalue weighted by atomic mass is 9.98. The van der Waals surface area contributed by atoms with Crippen molar-refractivity contribution in [2.45, 2.75) is 140 Å². The maximum atomic E-state index is 11.9. The molecule has 0 fully saturated rings. The number of carboxylic acids is 2. The van der Waals surface area contributed by atoms with E-state index in [2.05, 4.69) is 12.2 Å². The number of carboxylic acid groups (broad SMARTS) is 2. The number of rotatable bonds is 22. The summed E-state index contributed by atoms with van der Waals surface area (Å²) in [5, 5.41) is 31.6. The summed E-state index contributed by atoms with van der Waals surface area (Å²) in [5.74, 6) is -2.44. The van der Waals surface area contributed by atoms with Gasteiger partial charge in [0.2, 0.25) is 5.91 Å². The van der Waals surface area contributed by atoms with Crippen molar-refractivity contribution in [1.29, 1.82) is 0 Å². The van der Waals surface area contributed by atoms with Crippen LogP contribution in [0, 0.1) is 0 Å². The number of amides is 1. The van der Waals surface area contributed by atoms with E-state index < -0.39 is 40.0 Å². The first-order valence-corrected chi connectivity index (χ1v) is 14.2. The third-order valence-corrected chi connectivity index (χ3v) is 8.19. The van der Waals surface area contributed by atoms with Gasteiger partial charge >= 0.3 is 11.9 Å². The first-order chi connectivity index (χ1) is 16.6. The molecule has 1 amide bonds. The van der Waals surface area contributed by atoms with Crippen molar-refractivity contribution < 1.29 is 29.7 Å². The topological polar surface area (TPSA) is 124 Å². The van der Waals surface area contributed by atoms with Crippen LogP contribution in [0.4, 0.5) is 0 Å². The number of nitrogens with one attached hydrogen (secondary N) is 1. The molecule has 0 aromatic heterocycles. The van der Waals surface area contributed by atoms with Gasteiger partial charge in [-0.05, 0) is 39.0 Å². The van der Waals surface area contributed by atoms with Gasteiger partial charge in [0.05, 0.1) is 6.10 Å². The van der Waals surface area contributed by atoms with Gasteiger partial charge in [0.1, 0.15) is 6.04 Å². The molecule has 8 heteroatoms. The summed E-state index contributed by atoms with van der Waals surface area (Å²) in [6.45, 7) is 7.17. The molecule has 35 heavy (non-hydrogen) atoms. The molecule has 2 unspecified atom stereocenters. The molecule has 0 saturated carbocycles. The second kappa shape index (κ2) is 19.6. The standard InChI is InChI=1S/C27H49NO6S/c1-5-7-8-9-10-11-12-13-14-15-16-19-23(22(30)18-17-20-24(31)32)35-27(4,6-2)25(26(33)34)28-21(3)29/h16,19,22-23,25,30H,5-15,17-18,20H2,1-4H3,(H,28,29)(H,31,32)(H,33,34)/b19-16-/t22-,23+,25?,27?/m0/s1. The predicted molar refractivity (Wildman–Crippen MR) is 144 cm³/mol. The fourth-order valence-electron chi connectivity index (χ4n) is 4.02. The van der Waals surface area contributed by atoms with Gasteiger partial charge in [-0.2, -0.15) is 0 Å². The quantitative estimate of drug-likeness (QED) is 0.104. The van der Waals surface area contributed by atoms with E-state index in [-0.39, 0.29) is 6.42 Å². The van der Waals surface area contributed by atoms with E-state index in [0.717, 1.165) is 19.3 Å². The molecule has 0 saturated heterocycles. The second-order valence-corrected chi connectivity index (χ2v) is 11.3. The zero-order chi connectivity index (χ0) is 26.7. The molecule has 0 aliphatic rings. The van der Waals surface area contributed by atoms with Crippen LogP contribution < -0.4 is 5.32 Å². The van der Waals surface area contributed by atoms with Gasteiger partial charge in [0.15, 0.2) is 0 Å². The van der Waals surface area contributed by atoms with E-state index in [1.807, 2.05) is 19.1 Å². The van der Waals surface area contributed by atoms with Crippen molar-refractivity contribution in [3.05, 3.63) is 12.2 Å². The van der Waals surface area contributed by atoms with Crippen molar-refractivity contribution in [1.82, 2.24) is 5.32 Å². The van der Waals surface area contributed by atoms with E-state index in [1.165, 1.54) is 63.6 Å². The van der Waals surface area contributed by atoms with Crippen molar-refractivity contribution in [2.24, 2.45) is 0 Å². The van der Waals surface area contributed by atoms with Crippen molar-refractivity contribution in [3.8, 4) is 0 Å². The highest BCUT2D eigenvalue weighted by Gasteiger charge is 2.41. The maximum Gasteiger partial charge on any atom is 0.327 e. The zero-order valence-corrected chi connectivity index (χ0v) is 23.1. The molecule has 0 heterocycles.